The van der Waals surface area contributed by atoms with Gasteiger partial charge in [0.05, 0.1) is 12.0 Å². The van der Waals surface area contributed by atoms with Crippen LogP contribution in [0.3, 0.4) is 0 Å². The van der Waals surface area contributed by atoms with Crippen molar-refractivity contribution in [3.05, 3.63) is 29.1 Å². The summed E-state index contributed by atoms with van der Waals surface area (Å²) in [5.41, 5.74) is 10.8. The van der Waals surface area contributed by atoms with E-state index in [4.69, 9.17) is 16.2 Å². The highest BCUT2D eigenvalue weighted by Crippen LogP contribution is 2.18. The molecular formula is C11H13FN2O3. The summed E-state index contributed by atoms with van der Waals surface area (Å²) in [4.78, 5) is 21.9. The van der Waals surface area contributed by atoms with Crippen molar-refractivity contribution < 1.29 is 18.7 Å². The zero-order valence-electron chi connectivity index (χ0n) is 9.33. The number of hydrogen-bond acceptors (Lipinski definition) is 4. The number of anilines is 1. The molecule has 0 aliphatic rings. The third-order valence-electron chi connectivity index (χ3n) is 2.20. The number of amides is 1. The topological polar surface area (TPSA) is 95.4 Å². The van der Waals surface area contributed by atoms with Crippen LogP contribution in [0.4, 0.5) is 10.1 Å². The second-order valence-corrected chi connectivity index (χ2v) is 3.52. The highest BCUT2D eigenvalue weighted by molar-refractivity contribution is 5.91. The maximum absolute atomic E-state index is 13.3. The molecule has 0 bridgehead atoms. The Hall–Kier alpha value is -2.11. The number of esters is 1. The zero-order chi connectivity index (χ0) is 13.0. The normalized spacial score (nSPS) is 10.0. The second kappa shape index (κ2) is 5.29. The molecule has 1 amide bonds. The lowest BCUT2D eigenvalue weighted by Gasteiger charge is -2.06. The molecule has 6 heteroatoms. The summed E-state index contributed by atoms with van der Waals surface area (Å²) in [6.07, 6.45) is -0.0738. The predicted octanol–water partition coefficient (Wildman–Crippen LogP) is 0.749. The summed E-state index contributed by atoms with van der Waals surface area (Å²) in [7, 11) is 0. The van der Waals surface area contributed by atoms with E-state index in [0.29, 0.717) is 0 Å². The Labute approximate surface area is 97.5 Å². The van der Waals surface area contributed by atoms with Gasteiger partial charge in [-0.15, -0.1) is 0 Å². The number of carbonyl (C=O) groups is 2. The van der Waals surface area contributed by atoms with E-state index in [-0.39, 0.29) is 29.8 Å². The van der Waals surface area contributed by atoms with Crippen LogP contribution in [-0.2, 0) is 9.53 Å². The van der Waals surface area contributed by atoms with E-state index < -0.39 is 17.7 Å². The van der Waals surface area contributed by atoms with Gasteiger partial charge in [0, 0.05) is 11.3 Å². The first-order valence-electron chi connectivity index (χ1n) is 4.93. The van der Waals surface area contributed by atoms with Gasteiger partial charge in [-0.05, 0) is 19.1 Å². The molecule has 92 valence electrons. The molecule has 0 radical (unpaired) electrons. The molecule has 1 aromatic carbocycles. The van der Waals surface area contributed by atoms with Crippen LogP contribution in [0.25, 0.3) is 0 Å². The minimum Gasteiger partial charge on any atom is -0.462 e. The summed E-state index contributed by atoms with van der Waals surface area (Å²) in [6, 6.07) is 2.36. The van der Waals surface area contributed by atoms with E-state index in [9.17, 15) is 14.0 Å². The molecule has 0 aromatic heterocycles. The monoisotopic (exact) mass is 240 g/mol. The van der Waals surface area contributed by atoms with Crippen molar-refractivity contribution in [2.75, 3.05) is 12.3 Å². The van der Waals surface area contributed by atoms with Gasteiger partial charge in [-0.25, -0.2) is 9.18 Å². The van der Waals surface area contributed by atoms with E-state index in [1.807, 2.05) is 0 Å². The highest BCUT2D eigenvalue weighted by atomic mass is 19.1. The number of rotatable bonds is 4. The summed E-state index contributed by atoms with van der Waals surface area (Å²) >= 11 is 0. The van der Waals surface area contributed by atoms with Gasteiger partial charge in [-0.1, -0.05) is 0 Å². The van der Waals surface area contributed by atoms with Crippen LogP contribution in [0.5, 0.6) is 0 Å². The van der Waals surface area contributed by atoms with Crippen LogP contribution in [0.1, 0.15) is 22.3 Å². The highest BCUT2D eigenvalue weighted by Gasteiger charge is 2.12. The van der Waals surface area contributed by atoms with Crippen molar-refractivity contribution in [1.82, 2.24) is 0 Å². The van der Waals surface area contributed by atoms with Gasteiger partial charge in [-0.2, -0.15) is 0 Å². The molecule has 1 aromatic rings. The number of primary amides is 1. The van der Waals surface area contributed by atoms with Crippen molar-refractivity contribution in [3.63, 3.8) is 0 Å². The Morgan fingerprint density at radius 1 is 1.41 bits per heavy atom. The smallest absolute Gasteiger partial charge is 0.338 e. The predicted molar refractivity (Wildman–Crippen MR) is 59.6 cm³/mol. The van der Waals surface area contributed by atoms with Crippen molar-refractivity contribution in [3.8, 4) is 0 Å². The van der Waals surface area contributed by atoms with Crippen LogP contribution >= 0.6 is 0 Å². The van der Waals surface area contributed by atoms with Crippen LogP contribution < -0.4 is 11.5 Å². The molecule has 5 nitrogen and oxygen atoms in total. The van der Waals surface area contributed by atoms with Gasteiger partial charge in [0.15, 0.2) is 0 Å². The summed E-state index contributed by atoms with van der Waals surface area (Å²) in [5.74, 6) is -1.89. The van der Waals surface area contributed by atoms with E-state index in [1.54, 1.807) is 0 Å². The maximum atomic E-state index is 13.3. The van der Waals surface area contributed by atoms with Crippen LogP contribution in [-0.4, -0.2) is 18.5 Å². The number of hydrogen-bond donors (Lipinski definition) is 2. The third kappa shape index (κ3) is 3.44. The van der Waals surface area contributed by atoms with E-state index >= 15 is 0 Å². The Morgan fingerprint density at radius 3 is 2.59 bits per heavy atom. The first kappa shape index (κ1) is 13.0. The fourth-order valence-corrected chi connectivity index (χ4v) is 1.15. The third-order valence-corrected chi connectivity index (χ3v) is 2.20. The first-order valence-corrected chi connectivity index (χ1v) is 4.93. The summed E-state index contributed by atoms with van der Waals surface area (Å²) < 4.78 is 18.0. The van der Waals surface area contributed by atoms with E-state index in [0.717, 1.165) is 6.07 Å². The van der Waals surface area contributed by atoms with Crippen LogP contribution in [0.15, 0.2) is 12.1 Å². The average molecular weight is 240 g/mol. The lowest BCUT2D eigenvalue weighted by atomic mass is 10.1. The second-order valence-electron chi connectivity index (χ2n) is 3.52. The van der Waals surface area contributed by atoms with Gasteiger partial charge in [-0.3, -0.25) is 4.79 Å². The Morgan fingerprint density at radius 2 is 2.06 bits per heavy atom. The molecule has 0 aliphatic heterocycles. The lowest BCUT2D eigenvalue weighted by molar-refractivity contribution is -0.118. The molecule has 0 spiro atoms. The molecule has 4 N–H and O–H groups in total. The quantitative estimate of drug-likeness (QED) is 0.599. The molecule has 0 aliphatic carbocycles. The number of ether oxygens (including phenoxy) is 1. The first-order chi connectivity index (χ1) is 7.91. The fourth-order valence-electron chi connectivity index (χ4n) is 1.15. The van der Waals surface area contributed by atoms with Crippen molar-refractivity contribution in [2.45, 2.75) is 13.3 Å². The fraction of sp³-hybridized carbons (Fsp3) is 0.273. The van der Waals surface area contributed by atoms with Crippen LogP contribution in [0.2, 0.25) is 0 Å². The van der Waals surface area contributed by atoms with Gasteiger partial charge in [0.25, 0.3) is 0 Å². The minimum absolute atomic E-state index is 0.00932. The van der Waals surface area contributed by atoms with Crippen molar-refractivity contribution in [2.24, 2.45) is 5.73 Å². The molecule has 0 saturated heterocycles. The summed E-state index contributed by atoms with van der Waals surface area (Å²) in [5, 5.41) is 0. The molecular weight excluding hydrogens is 227 g/mol. The van der Waals surface area contributed by atoms with Crippen molar-refractivity contribution in [1.29, 1.82) is 0 Å². The number of carbonyl (C=O) groups excluding carboxylic acids is 2. The van der Waals surface area contributed by atoms with Crippen molar-refractivity contribution >= 4 is 17.6 Å². The van der Waals surface area contributed by atoms with Gasteiger partial charge >= 0.3 is 5.97 Å². The number of benzene rings is 1. The van der Waals surface area contributed by atoms with Gasteiger partial charge in [0.2, 0.25) is 5.91 Å². The summed E-state index contributed by atoms with van der Waals surface area (Å²) in [6.45, 7) is 1.37. The standard InChI is InChI=1S/C11H13FN2O3/c1-6-8(12)4-7(5-9(6)13)11(16)17-3-2-10(14)15/h4-5H,2-3,13H2,1H3,(H2,14,15). The lowest BCUT2D eigenvalue weighted by Crippen LogP contribution is -2.16. The number of halogens is 1. The minimum atomic E-state index is -0.739. The van der Waals surface area contributed by atoms with E-state index in [1.165, 1.54) is 13.0 Å². The molecule has 0 atom stereocenters. The number of nitrogens with two attached hydrogens (primary N) is 2. The van der Waals surface area contributed by atoms with E-state index in [2.05, 4.69) is 0 Å². The Bertz CT molecular complexity index is 437. The molecule has 0 heterocycles. The van der Waals surface area contributed by atoms with Crippen LogP contribution in [0, 0.1) is 12.7 Å². The molecule has 1 rings (SSSR count). The van der Waals surface area contributed by atoms with Gasteiger partial charge < -0.3 is 16.2 Å². The largest absolute Gasteiger partial charge is 0.462 e. The zero-order valence-corrected chi connectivity index (χ0v) is 9.33. The molecule has 0 fully saturated rings. The van der Waals surface area contributed by atoms with Gasteiger partial charge in [0.1, 0.15) is 12.4 Å². The number of nitrogen functional groups attached to an aromatic ring is 1. The average Bonchev–Trinajstić information content (AvgIpc) is 2.24. The Balaban J connectivity index is 2.73. The molecule has 17 heavy (non-hydrogen) atoms. The molecule has 0 unspecified atom stereocenters. The maximum Gasteiger partial charge on any atom is 0.338 e. The Kier molecular flexibility index (Phi) is 4.03. The SMILES string of the molecule is Cc1c(N)cc(C(=O)OCCC(N)=O)cc1F. The molecule has 0 saturated carbocycles.